The smallest absolute Gasteiger partial charge is 1.00 e. The largest absolute Gasteiger partial charge is 1.00 e. The van der Waals surface area contributed by atoms with Gasteiger partial charge in [-0.05, 0) is 0 Å². The molecule has 0 spiro atoms. The summed E-state index contributed by atoms with van der Waals surface area (Å²) >= 11 is 6.28. The Balaban J connectivity index is 0.00000392. The number of halogens is 2. The number of amides is 3. The van der Waals surface area contributed by atoms with E-state index in [0.717, 1.165) is 18.4 Å². The minimum Gasteiger partial charge on any atom is -1.00 e. The topological polar surface area (TPSA) is 167 Å². The van der Waals surface area contributed by atoms with Gasteiger partial charge in [0.1, 0.15) is 18.7 Å². The summed E-state index contributed by atoms with van der Waals surface area (Å²) in [6, 6.07) is -1.85. The molecule has 1 aliphatic rings. The zero-order valence-electron chi connectivity index (χ0n) is 15.2. The van der Waals surface area contributed by atoms with Crippen molar-refractivity contribution in [3.05, 3.63) is 11.1 Å². The minimum atomic E-state index is -5.09. The van der Waals surface area contributed by atoms with Gasteiger partial charge in [0.15, 0.2) is 16.9 Å². The van der Waals surface area contributed by atoms with Crippen LogP contribution in [0.15, 0.2) is 10.5 Å². The maximum absolute atomic E-state index is 13.8. The maximum atomic E-state index is 13.8. The number of hydrogen-bond donors (Lipinski definition) is 3. The van der Waals surface area contributed by atoms with Gasteiger partial charge in [-0.3, -0.25) is 18.9 Å². The fourth-order valence-corrected chi connectivity index (χ4v) is 3.39. The van der Waals surface area contributed by atoms with E-state index in [2.05, 4.69) is 20.3 Å². The van der Waals surface area contributed by atoms with E-state index in [1.54, 1.807) is 0 Å². The second kappa shape index (κ2) is 9.91. The molecule has 1 aromatic heterocycles. The van der Waals surface area contributed by atoms with Crippen LogP contribution in [-0.2, 0) is 29.5 Å². The molecule has 17 heteroatoms. The second-order valence-electron chi connectivity index (χ2n) is 4.78. The number of thiazole rings is 1. The fourth-order valence-electron chi connectivity index (χ4n) is 1.90. The predicted octanol–water partition coefficient (Wildman–Crippen LogP) is -3.79. The number of carbonyl (C=O) groups is 3. The van der Waals surface area contributed by atoms with E-state index in [9.17, 15) is 27.2 Å². The van der Waals surface area contributed by atoms with Gasteiger partial charge >= 0.3 is 39.9 Å². The summed E-state index contributed by atoms with van der Waals surface area (Å²) in [6.07, 6.45) is -2.49. The molecule has 1 saturated heterocycles. The fraction of sp³-hybridized carbons (Fsp3) is 0.364. The first kappa shape index (κ1) is 24.7. The third-order valence-corrected chi connectivity index (χ3v) is 4.91. The van der Waals surface area contributed by atoms with Gasteiger partial charge in [0.2, 0.25) is 12.2 Å². The van der Waals surface area contributed by atoms with Gasteiger partial charge < -0.3 is 16.9 Å². The van der Waals surface area contributed by atoms with Crippen molar-refractivity contribution >= 4 is 61.8 Å². The monoisotopic (exact) mass is 467 g/mol. The minimum absolute atomic E-state index is 0. The molecule has 2 atom stereocenters. The average Bonchev–Trinajstić information content (AvgIpc) is 3.04. The molecule has 0 saturated carbocycles. The molecule has 1 aliphatic heterocycles. The Labute approximate surface area is 190 Å². The summed E-state index contributed by atoms with van der Waals surface area (Å²) in [5, 5.41) is 9.11. The van der Waals surface area contributed by atoms with E-state index < -0.39 is 50.4 Å². The molecule has 0 bridgehead atoms. The van der Waals surface area contributed by atoms with Crippen LogP contribution >= 0.6 is 22.9 Å². The van der Waals surface area contributed by atoms with Crippen molar-refractivity contribution < 1.29 is 67.6 Å². The standard InChI is InChI=1S/C11H11ClFN5O7S2.Na.H/c1-25-17-6(4-3-26-11(14-4)15-5(19)2-12)9(20)16-7-8(13)18(10(7)21)27(22,23)24;;/h3,7-8H,2H2,1H3,(H,16,20)(H,14,15,19)(H,22,23,24);;/q;+1;-1. The molecule has 2 unspecified atom stereocenters. The van der Waals surface area contributed by atoms with Crippen molar-refractivity contribution in [1.29, 1.82) is 0 Å². The van der Waals surface area contributed by atoms with Crippen LogP contribution in [0.4, 0.5) is 9.52 Å². The van der Waals surface area contributed by atoms with Gasteiger partial charge in [-0.2, -0.15) is 12.7 Å². The van der Waals surface area contributed by atoms with Crippen LogP contribution < -0.4 is 40.2 Å². The van der Waals surface area contributed by atoms with Gasteiger partial charge in [-0.1, -0.05) is 5.16 Å². The Hall–Kier alpha value is -1.36. The van der Waals surface area contributed by atoms with Gasteiger partial charge in [0.05, 0.1) is 0 Å². The van der Waals surface area contributed by atoms with E-state index in [1.165, 1.54) is 5.38 Å². The summed E-state index contributed by atoms with van der Waals surface area (Å²) < 4.78 is 43.8. The first-order valence-electron chi connectivity index (χ1n) is 6.78. The van der Waals surface area contributed by atoms with Crippen molar-refractivity contribution in [1.82, 2.24) is 14.6 Å². The normalized spacial score (nSPS) is 19.4. The molecule has 3 N–H and O–H groups in total. The third kappa shape index (κ3) is 5.37. The van der Waals surface area contributed by atoms with Gasteiger partial charge in [-0.25, -0.2) is 9.37 Å². The number of anilines is 1. The molecule has 3 amide bonds. The number of nitrogens with zero attached hydrogens (tertiary/aromatic N) is 3. The van der Waals surface area contributed by atoms with Gasteiger partial charge in [0, 0.05) is 5.38 Å². The molecule has 0 aliphatic carbocycles. The molecule has 28 heavy (non-hydrogen) atoms. The molecule has 150 valence electrons. The molecule has 1 fully saturated rings. The summed E-state index contributed by atoms with van der Waals surface area (Å²) in [5.74, 6) is -3.34. The van der Waals surface area contributed by atoms with E-state index >= 15 is 0 Å². The Bertz CT molecular complexity index is 917. The Morgan fingerprint density at radius 1 is 1.57 bits per heavy atom. The summed E-state index contributed by atoms with van der Waals surface area (Å²) in [7, 11) is -3.97. The number of oxime groups is 1. The number of aromatic nitrogens is 1. The van der Waals surface area contributed by atoms with Crippen molar-refractivity contribution in [2.75, 3.05) is 18.3 Å². The Kier molecular flexibility index (Phi) is 8.73. The van der Waals surface area contributed by atoms with Crippen LogP contribution in [0.2, 0.25) is 0 Å². The zero-order valence-corrected chi connectivity index (χ0v) is 18.6. The van der Waals surface area contributed by atoms with Crippen molar-refractivity contribution in [3.63, 3.8) is 0 Å². The molecule has 2 heterocycles. The molecular formula is C11H12ClFN5NaO7S2. The zero-order chi connectivity index (χ0) is 20.4. The molecule has 0 aromatic carbocycles. The number of hydrogen-bond acceptors (Lipinski definition) is 9. The molecule has 0 radical (unpaired) electrons. The van der Waals surface area contributed by atoms with E-state index in [4.69, 9.17) is 16.2 Å². The molecule has 12 nitrogen and oxygen atoms in total. The summed E-state index contributed by atoms with van der Waals surface area (Å²) in [4.78, 5) is 43.5. The van der Waals surface area contributed by atoms with Crippen LogP contribution in [0.5, 0.6) is 0 Å². The summed E-state index contributed by atoms with van der Waals surface area (Å²) in [5.41, 5.74) is -0.538. The van der Waals surface area contributed by atoms with E-state index in [1.807, 2.05) is 5.32 Å². The molecular weight excluding hydrogens is 456 g/mol. The van der Waals surface area contributed by atoms with Gasteiger partial charge in [0.25, 0.3) is 11.8 Å². The first-order chi connectivity index (χ1) is 12.6. The molecule has 2 rings (SSSR count). The SMILES string of the molecule is CON=C(C(=O)NC1C(=O)N(S(=O)(=O)O)C1F)c1csc(NC(=O)CCl)n1.[H-].[Na+]. The van der Waals surface area contributed by atoms with Gasteiger partial charge in [-0.15, -0.1) is 22.9 Å². The van der Waals surface area contributed by atoms with Crippen LogP contribution in [0.25, 0.3) is 0 Å². The number of nitrogens with one attached hydrogen (secondary N) is 2. The van der Waals surface area contributed by atoms with E-state index in [0.29, 0.717) is 0 Å². The molecule has 1 aromatic rings. The third-order valence-electron chi connectivity index (χ3n) is 3.03. The number of rotatable bonds is 7. The predicted molar refractivity (Wildman–Crippen MR) is 91.3 cm³/mol. The maximum Gasteiger partial charge on any atom is 1.00 e. The first-order valence-corrected chi connectivity index (χ1v) is 9.59. The number of carbonyl (C=O) groups excluding carboxylic acids is 3. The second-order valence-corrected chi connectivity index (χ2v) is 7.19. The van der Waals surface area contributed by atoms with Crippen LogP contribution in [0, 0.1) is 0 Å². The van der Waals surface area contributed by atoms with E-state index in [-0.39, 0.29) is 47.7 Å². The van der Waals surface area contributed by atoms with Crippen molar-refractivity contribution in [3.8, 4) is 0 Å². The van der Waals surface area contributed by atoms with Crippen LogP contribution in [0.1, 0.15) is 7.12 Å². The average molecular weight is 468 g/mol. The Morgan fingerprint density at radius 3 is 2.71 bits per heavy atom. The van der Waals surface area contributed by atoms with Crippen LogP contribution in [-0.4, -0.2) is 71.0 Å². The Morgan fingerprint density at radius 2 is 2.21 bits per heavy atom. The summed E-state index contributed by atoms with van der Waals surface area (Å²) in [6.45, 7) is 0. The van der Waals surface area contributed by atoms with Crippen molar-refractivity contribution in [2.45, 2.75) is 12.3 Å². The van der Waals surface area contributed by atoms with Crippen molar-refractivity contribution in [2.24, 2.45) is 5.16 Å². The number of alkyl halides is 2. The van der Waals surface area contributed by atoms with Crippen LogP contribution in [0.3, 0.4) is 0 Å². The number of β-lactam (4-membered cyclic amide) rings is 1. The quantitative estimate of drug-likeness (QED) is 0.0698.